The summed E-state index contributed by atoms with van der Waals surface area (Å²) in [4.78, 5) is 37.2. The summed E-state index contributed by atoms with van der Waals surface area (Å²) >= 11 is 0. The first-order valence-electron chi connectivity index (χ1n) is 12.5. The average Bonchev–Trinajstić information content (AvgIpc) is 3.36. The van der Waals surface area contributed by atoms with Crippen LogP contribution in [0.3, 0.4) is 0 Å². The molecule has 5 rings (SSSR count). The summed E-state index contributed by atoms with van der Waals surface area (Å²) < 4.78 is 5.65. The lowest BCUT2D eigenvalue weighted by Crippen LogP contribution is -2.61. The predicted octanol–water partition coefficient (Wildman–Crippen LogP) is 4.31. The molecule has 2 saturated carbocycles. The number of nitrogens with one attached hydrogen (secondary N) is 2. The number of hydrogen-bond acceptors (Lipinski definition) is 4. The highest BCUT2D eigenvalue weighted by Crippen LogP contribution is 2.50. The van der Waals surface area contributed by atoms with Crippen LogP contribution in [0.1, 0.15) is 56.6 Å². The van der Waals surface area contributed by atoms with E-state index < -0.39 is 17.6 Å². The Bertz CT molecular complexity index is 1120. The van der Waals surface area contributed by atoms with E-state index in [1.54, 1.807) is 6.92 Å². The van der Waals surface area contributed by atoms with E-state index in [2.05, 4.69) is 34.9 Å². The number of ether oxygens (including phenoxy) is 1. The zero-order valence-electron chi connectivity index (χ0n) is 20.1. The van der Waals surface area contributed by atoms with Gasteiger partial charge in [0, 0.05) is 12.0 Å². The number of carboxylic acid groups (broad SMARTS) is 1. The van der Waals surface area contributed by atoms with Crippen molar-refractivity contribution < 1.29 is 24.2 Å². The van der Waals surface area contributed by atoms with Gasteiger partial charge in [0.1, 0.15) is 12.1 Å². The smallest absolute Gasteiger partial charge is 0.408 e. The Kier molecular flexibility index (Phi) is 6.03. The second-order valence-electron chi connectivity index (χ2n) is 10.4. The lowest BCUT2D eigenvalue weighted by Gasteiger charge is -2.42. The monoisotopic (exact) mass is 476 g/mol. The van der Waals surface area contributed by atoms with Crippen LogP contribution < -0.4 is 10.6 Å². The maximum atomic E-state index is 13.1. The second-order valence-corrected chi connectivity index (χ2v) is 10.4. The Labute approximate surface area is 205 Å². The van der Waals surface area contributed by atoms with E-state index in [4.69, 9.17) is 4.74 Å². The molecule has 3 aliphatic carbocycles. The van der Waals surface area contributed by atoms with Crippen LogP contribution in [0.25, 0.3) is 11.1 Å². The van der Waals surface area contributed by atoms with Gasteiger partial charge in [0.15, 0.2) is 0 Å². The molecular weight excluding hydrogens is 444 g/mol. The summed E-state index contributed by atoms with van der Waals surface area (Å²) in [6.45, 7) is 3.74. The largest absolute Gasteiger partial charge is 0.481 e. The zero-order chi connectivity index (χ0) is 24.7. The van der Waals surface area contributed by atoms with Crippen LogP contribution in [0.2, 0.25) is 0 Å². The standard InChI is InChI=1S/C28H32N2O5/c1-3-28(2,26(33)29-24-14-16-12-17(25(31)32)13-22(16)24)30-27(34)35-15-23-20-10-6-4-8-18(20)19-9-5-7-11-21(19)23/h4-11,16-17,22-24H,3,12-15H2,1-2H3,(H,29,33)(H,30,34)(H,31,32)/t16-,17?,22-,24+,28?/m1/s1. The maximum absolute atomic E-state index is 13.1. The molecule has 35 heavy (non-hydrogen) atoms. The third kappa shape index (κ3) is 4.17. The number of alkyl carbamates (subject to hydrolysis) is 1. The predicted molar refractivity (Wildman–Crippen MR) is 131 cm³/mol. The van der Waals surface area contributed by atoms with E-state index >= 15 is 0 Å². The van der Waals surface area contributed by atoms with Crippen molar-refractivity contribution in [3.8, 4) is 11.1 Å². The number of rotatable bonds is 7. The van der Waals surface area contributed by atoms with Crippen molar-refractivity contribution in [2.75, 3.05) is 6.61 Å². The van der Waals surface area contributed by atoms with Crippen LogP contribution in [-0.4, -0.2) is 41.3 Å². The van der Waals surface area contributed by atoms with E-state index in [0.29, 0.717) is 25.2 Å². The summed E-state index contributed by atoms with van der Waals surface area (Å²) in [6.07, 6.45) is 1.87. The van der Waals surface area contributed by atoms with E-state index in [-0.39, 0.29) is 36.3 Å². The van der Waals surface area contributed by atoms with Crippen LogP contribution in [-0.2, 0) is 14.3 Å². The minimum atomic E-state index is -1.11. The van der Waals surface area contributed by atoms with Crippen molar-refractivity contribution in [1.29, 1.82) is 0 Å². The molecule has 0 bridgehead atoms. The Morgan fingerprint density at radius 3 is 2.23 bits per heavy atom. The van der Waals surface area contributed by atoms with Gasteiger partial charge in [0.05, 0.1) is 5.92 Å². The summed E-state index contributed by atoms with van der Waals surface area (Å²) in [5.74, 6) is -0.801. The van der Waals surface area contributed by atoms with Gasteiger partial charge in [0.25, 0.3) is 0 Å². The van der Waals surface area contributed by atoms with Gasteiger partial charge in [0.2, 0.25) is 5.91 Å². The number of aliphatic carboxylic acids is 1. The number of carboxylic acids is 1. The molecule has 2 aromatic carbocycles. The van der Waals surface area contributed by atoms with Gasteiger partial charge >= 0.3 is 12.1 Å². The topological polar surface area (TPSA) is 105 Å². The first-order chi connectivity index (χ1) is 16.8. The van der Waals surface area contributed by atoms with Crippen molar-refractivity contribution in [3.05, 3.63) is 59.7 Å². The molecular formula is C28H32N2O5. The van der Waals surface area contributed by atoms with Crippen molar-refractivity contribution in [2.24, 2.45) is 17.8 Å². The molecule has 2 aromatic rings. The molecule has 0 radical (unpaired) electrons. The Hall–Kier alpha value is -3.35. The maximum Gasteiger partial charge on any atom is 0.408 e. The van der Waals surface area contributed by atoms with E-state index in [1.165, 1.54) is 0 Å². The molecule has 0 spiro atoms. The van der Waals surface area contributed by atoms with E-state index in [0.717, 1.165) is 28.7 Å². The summed E-state index contributed by atoms with van der Waals surface area (Å²) in [6, 6.07) is 16.3. The van der Waals surface area contributed by atoms with Gasteiger partial charge in [-0.25, -0.2) is 4.79 Å². The number of hydrogen-bond donors (Lipinski definition) is 3. The van der Waals surface area contributed by atoms with E-state index in [9.17, 15) is 19.5 Å². The molecule has 2 amide bonds. The van der Waals surface area contributed by atoms with Gasteiger partial charge in [-0.2, -0.15) is 0 Å². The van der Waals surface area contributed by atoms with Gasteiger partial charge in [-0.15, -0.1) is 0 Å². The molecule has 2 fully saturated rings. The molecule has 0 saturated heterocycles. The lowest BCUT2D eigenvalue weighted by atomic mass is 9.71. The highest BCUT2D eigenvalue weighted by molar-refractivity contribution is 5.90. The SMILES string of the molecule is CCC(C)(NC(=O)OCC1c2ccccc2-c2ccccc21)C(=O)N[C@H]1C[C@H]2CC(C(=O)O)C[C@H]21. The third-order valence-corrected chi connectivity index (χ3v) is 8.42. The summed E-state index contributed by atoms with van der Waals surface area (Å²) in [5.41, 5.74) is 3.47. The third-order valence-electron chi connectivity index (χ3n) is 8.42. The number of carbonyl (C=O) groups excluding carboxylic acids is 2. The molecule has 0 aromatic heterocycles. The molecule has 7 nitrogen and oxygen atoms in total. The summed E-state index contributed by atoms with van der Waals surface area (Å²) in [5, 5.41) is 15.2. The molecule has 3 aliphatic rings. The molecule has 0 heterocycles. The number of amides is 2. The average molecular weight is 477 g/mol. The quantitative estimate of drug-likeness (QED) is 0.552. The Morgan fingerprint density at radius 1 is 1.00 bits per heavy atom. The Balaban J connectivity index is 1.19. The fraction of sp³-hybridized carbons (Fsp3) is 0.464. The highest BCUT2D eigenvalue weighted by atomic mass is 16.5. The van der Waals surface area contributed by atoms with Crippen LogP contribution in [0, 0.1) is 17.8 Å². The molecule has 5 atom stereocenters. The van der Waals surface area contributed by atoms with Gasteiger partial charge in [-0.1, -0.05) is 55.5 Å². The molecule has 2 unspecified atom stereocenters. The van der Waals surface area contributed by atoms with Gasteiger partial charge in [-0.05, 0) is 66.7 Å². The number of fused-ring (bicyclic) bond motifs is 4. The summed E-state index contributed by atoms with van der Waals surface area (Å²) in [7, 11) is 0. The normalized spacial score (nSPS) is 25.9. The minimum Gasteiger partial charge on any atom is -0.481 e. The zero-order valence-corrected chi connectivity index (χ0v) is 20.1. The lowest BCUT2D eigenvalue weighted by molar-refractivity contribution is -0.141. The number of benzene rings is 2. The molecule has 184 valence electrons. The van der Waals surface area contributed by atoms with Crippen molar-refractivity contribution in [3.63, 3.8) is 0 Å². The highest BCUT2D eigenvalue weighted by Gasteiger charge is 2.51. The van der Waals surface area contributed by atoms with Crippen molar-refractivity contribution in [2.45, 2.75) is 57.0 Å². The van der Waals surface area contributed by atoms with E-state index in [1.807, 2.05) is 31.2 Å². The van der Waals surface area contributed by atoms with Gasteiger partial charge in [-0.3, -0.25) is 9.59 Å². The second kappa shape index (κ2) is 9.02. The van der Waals surface area contributed by atoms with Crippen LogP contribution in [0.4, 0.5) is 4.79 Å². The number of carbonyl (C=O) groups is 3. The fourth-order valence-electron chi connectivity index (χ4n) is 6.09. The van der Waals surface area contributed by atoms with Crippen LogP contribution in [0.15, 0.2) is 48.5 Å². The van der Waals surface area contributed by atoms with Crippen LogP contribution in [0.5, 0.6) is 0 Å². The van der Waals surface area contributed by atoms with Crippen molar-refractivity contribution in [1.82, 2.24) is 10.6 Å². The molecule has 7 heteroatoms. The fourth-order valence-corrected chi connectivity index (χ4v) is 6.09. The minimum absolute atomic E-state index is 0.0352. The molecule has 3 N–H and O–H groups in total. The van der Waals surface area contributed by atoms with Gasteiger partial charge < -0.3 is 20.5 Å². The first-order valence-corrected chi connectivity index (χ1v) is 12.5. The van der Waals surface area contributed by atoms with Crippen LogP contribution >= 0.6 is 0 Å². The molecule has 0 aliphatic heterocycles. The van der Waals surface area contributed by atoms with Crippen molar-refractivity contribution >= 4 is 18.0 Å². The Morgan fingerprint density at radius 2 is 1.63 bits per heavy atom. The first kappa shape index (κ1) is 23.4.